The van der Waals surface area contributed by atoms with Crippen molar-refractivity contribution >= 4 is 0 Å². The summed E-state index contributed by atoms with van der Waals surface area (Å²) in [5, 5.41) is 0. The van der Waals surface area contributed by atoms with E-state index in [2.05, 4.69) is 6.92 Å². The van der Waals surface area contributed by atoms with E-state index in [1.165, 1.54) is 0 Å². The van der Waals surface area contributed by atoms with Crippen molar-refractivity contribution in [3.8, 4) is 0 Å². The zero-order valence-electron chi connectivity index (χ0n) is 8.18. The molecule has 0 aliphatic heterocycles. The van der Waals surface area contributed by atoms with Gasteiger partial charge in [-0.1, -0.05) is 0 Å². The molecule has 2 heteroatoms. The Morgan fingerprint density at radius 2 is 1.27 bits per heavy atom. The van der Waals surface area contributed by atoms with Crippen LogP contribution in [-0.2, 0) is 9.47 Å². The van der Waals surface area contributed by atoms with Crippen molar-refractivity contribution in [3.63, 3.8) is 0 Å². The molecule has 0 aliphatic rings. The molecule has 0 aliphatic carbocycles. The predicted molar refractivity (Wildman–Crippen MR) is 46.2 cm³/mol. The topological polar surface area (TPSA) is 18.5 Å². The highest BCUT2D eigenvalue weighted by atomic mass is 16.7. The van der Waals surface area contributed by atoms with E-state index >= 15 is 0 Å². The molecule has 0 saturated carbocycles. The van der Waals surface area contributed by atoms with E-state index in [1.807, 2.05) is 34.6 Å². The molecule has 0 bridgehead atoms. The maximum absolute atomic E-state index is 5.42. The number of hydrogen-bond donors (Lipinski definition) is 0. The van der Waals surface area contributed by atoms with Crippen molar-refractivity contribution in [2.24, 2.45) is 0 Å². The van der Waals surface area contributed by atoms with Crippen LogP contribution in [0.1, 0.15) is 34.6 Å². The Morgan fingerprint density at radius 3 is 1.45 bits per heavy atom. The van der Waals surface area contributed by atoms with Crippen molar-refractivity contribution in [1.82, 2.24) is 0 Å². The van der Waals surface area contributed by atoms with Crippen LogP contribution in [0, 0.1) is 6.92 Å². The van der Waals surface area contributed by atoms with Gasteiger partial charge in [-0.2, -0.15) is 0 Å². The normalized spacial score (nSPS) is 13.1. The molecule has 0 unspecified atom stereocenters. The van der Waals surface area contributed by atoms with Gasteiger partial charge in [0.25, 0.3) is 0 Å². The minimum Gasteiger partial charge on any atom is -0.348 e. The summed E-state index contributed by atoms with van der Waals surface area (Å²) in [5.74, 6) is -0.706. The van der Waals surface area contributed by atoms with Crippen LogP contribution in [-0.4, -0.2) is 18.0 Å². The van der Waals surface area contributed by atoms with Gasteiger partial charge in [-0.05, 0) is 34.6 Å². The van der Waals surface area contributed by atoms with E-state index < -0.39 is 5.79 Å². The van der Waals surface area contributed by atoms with Gasteiger partial charge in [0.05, 0.1) is 12.2 Å². The van der Waals surface area contributed by atoms with Crippen molar-refractivity contribution in [2.45, 2.75) is 52.6 Å². The Hall–Kier alpha value is -0.0800. The summed E-state index contributed by atoms with van der Waals surface area (Å²) in [6, 6.07) is 0. The lowest BCUT2D eigenvalue weighted by molar-refractivity contribution is -0.229. The summed E-state index contributed by atoms with van der Waals surface area (Å²) >= 11 is 0. The van der Waals surface area contributed by atoms with Crippen LogP contribution in [0.2, 0.25) is 0 Å². The Labute approximate surface area is 69.9 Å². The first-order chi connectivity index (χ1) is 4.83. The zero-order valence-corrected chi connectivity index (χ0v) is 8.18. The molecule has 0 amide bonds. The maximum Gasteiger partial charge on any atom is 0.166 e. The second kappa shape index (κ2) is 4.07. The Morgan fingerprint density at radius 1 is 1.00 bits per heavy atom. The van der Waals surface area contributed by atoms with E-state index in [1.54, 1.807) is 0 Å². The van der Waals surface area contributed by atoms with Gasteiger partial charge in [0.1, 0.15) is 0 Å². The minimum absolute atomic E-state index is 0.149. The van der Waals surface area contributed by atoms with Gasteiger partial charge >= 0.3 is 0 Å². The van der Waals surface area contributed by atoms with E-state index in [0.29, 0.717) is 0 Å². The molecule has 0 aromatic rings. The number of rotatable bonds is 4. The summed E-state index contributed by atoms with van der Waals surface area (Å²) < 4.78 is 10.8. The van der Waals surface area contributed by atoms with E-state index in [4.69, 9.17) is 9.47 Å². The molecule has 0 aromatic carbocycles. The van der Waals surface area contributed by atoms with Crippen LogP contribution in [0.4, 0.5) is 0 Å². The molecule has 0 aromatic heterocycles. The average Bonchev–Trinajstić information content (AvgIpc) is 1.53. The molecule has 0 rings (SSSR count). The van der Waals surface area contributed by atoms with Gasteiger partial charge < -0.3 is 9.47 Å². The second-order valence-corrected chi connectivity index (χ2v) is 3.47. The van der Waals surface area contributed by atoms with Gasteiger partial charge in [0.15, 0.2) is 5.79 Å². The molecule has 0 heterocycles. The van der Waals surface area contributed by atoms with Crippen LogP contribution in [0.25, 0.3) is 0 Å². The lowest BCUT2D eigenvalue weighted by Crippen LogP contribution is -2.34. The van der Waals surface area contributed by atoms with Gasteiger partial charge in [0, 0.05) is 6.92 Å². The molecule has 1 radical (unpaired) electrons. The molecule has 2 nitrogen and oxygen atoms in total. The largest absolute Gasteiger partial charge is 0.348 e. The first kappa shape index (κ1) is 10.9. The summed E-state index contributed by atoms with van der Waals surface area (Å²) in [5.41, 5.74) is 0. The van der Waals surface area contributed by atoms with Gasteiger partial charge in [-0.3, -0.25) is 0 Å². The molecule has 0 N–H and O–H groups in total. The highest BCUT2D eigenvalue weighted by Gasteiger charge is 2.21. The quantitative estimate of drug-likeness (QED) is 0.586. The van der Waals surface area contributed by atoms with Crippen LogP contribution < -0.4 is 0 Å². The van der Waals surface area contributed by atoms with Crippen LogP contribution in [0.3, 0.4) is 0 Å². The molecular formula is C9H19O2. The van der Waals surface area contributed by atoms with E-state index in [0.717, 1.165) is 0 Å². The summed E-state index contributed by atoms with van der Waals surface area (Å²) in [6.07, 6.45) is 0.299. The second-order valence-electron chi connectivity index (χ2n) is 3.47. The van der Waals surface area contributed by atoms with Crippen molar-refractivity contribution in [1.29, 1.82) is 0 Å². The molecule has 11 heavy (non-hydrogen) atoms. The predicted octanol–water partition coefficient (Wildman–Crippen LogP) is 2.39. The van der Waals surface area contributed by atoms with E-state index in [9.17, 15) is 0 Å². The monoisotopic (exact) mass is 159 g/mol. The van der Waals surface area contributed by atoms with Crippen LogP contribution >= 0.6 is 0 Å². The van der Waals surface area contributed by atoms with Crippen molar-refractivity contribution in [2.75, 3.05) is 0 Å². The standard InChI is InChI=1S/C9H19O2/c1-7(2)10-9(5,6)11-8(3)4/h7-8H,5H2,1-4,6H3. The van der Waals surface area contributed by atoms with Crippen LogP contribution in [0.5, 0.6) is 0 Å². The fourth-order valence-electron chi connectivity index (χ4n) is 1.02. The molecule has 67 valence electrons. The third-order valence-corrected chi connectivity index (χ3v) is 0.970. The third kappa shape index (κ3) is 6.32. The highest BCUT2D eigenvalue weighted by Crippen LogP contribution is 2.15. The molecule has 0 saturated heterocycles. The lowest BCUT2D eigenvalue weighted by Gasteiger charge is -2.29. The van der Waals surface area contributed by atoms with Gasteiger partial charge in [-0.15, -0.1) is 0 Å². The SMILES string of the molecule is [CH2]C(C)(OC(C)C)OC(C)C. The molecular weight excluding hydrogens is 140 g/mol. The summed E-state index contributed by atoms with van der Waals surface area (Å²) in [7, 11) is 0. The maximum atomic E-state index is 5.42. The Kier molecular flexibility index (Phi) is 4.04. The first-order valence-electron chi connectivity index (χ1n) is 4.04. The molecule has 0 atom stereocenters. The fourth-order valence-corrected chi connectivity index (χ4v) is 1.02. The van der Waals surface area contributed by atoms with Crippen molar-refractivity contribution in [3.05, 3.63) is 6.92 Å². The summed E-state index contributed by atoms with van der Waals surface area (Å²) in [4.78, 5) is 0. The lowest BCUT2D eigenvalue weighted by atomic mass is 10.3. The average molecular weight is 159 g/mol. The zero-order chi connectivity index (χ0) is 9.07. The summed E-state index contributed by atoms with van der Waals surface area (Å²) in [6.45, 7) is 13.5. The number of hydrogen-bond acceptors (Lipinski definition) is 2. The Balaban J connectivity index is 3.79. The first-order valence-corrected chi connectivity index (χ1v) is 4.04. The Bertz CT molecular complexity index is 94.1. The minimum atomic E-state index is -0.706. The fraction of sp³-hybridized carbons (Fsp3) is 0.889. The number of ether oxygens (including phenoxy) is 2. The third-order valence-electron chi connectivity index (χ3n) is 0.970. The van der Waals surface area contributed by atoms with Crippen molar-refractivity contribution < 1.29 is 9.47 Å². The van der Waals surface area contributed by atoms with Gasteiger partial charge in [-0.25, -0.2) is 0 Å². The smallest absolute Gasteiger partial charge is 0.166 e. The highest BCUT2D eigenvalue weighted by molar-refractivity contribution is 4.67. The van der Waals surface area contributed by atoms with Crippen LogP contribution in [0.15, 0.2) is 0 Å². The molecule has 0 fully saturated rings. The van der Waals surface area contributed by atoms with Gasteiger partial charge in [0.2, 0.25) is 0 Å². The molecule has 0 spiro atoms. The van der Waals surface area contributed by atoms with E-state index in [-0.39, 0.29) is 12.2 Å².